The summed E-state index contributed by atoms with van der Waals surface area (Å²) in [6, 6.07) is 7.96. The SMILES string of the molecule is [OH+]=C([CH-]C(=[OH+])C(F)(F)F)c1ccco1.[OH+]=C([CH-]C(=[OH+])C(F)(F)F)c1ccco1.[OH+]=C([CH-]C(=[OH+])C(F)(F)F)c1ccco1.[Ru+3]. The Morgan fingerprint density at radius 2 is 0.674 bits per heavy atom. The molecule has 0 aliphatic rings. The summed E-state index contributed by atoms with van der Waals surface area (Å²) in [7, 11) is 0. The van der Waals surface area contributed by atoms with Crippen molar-refractivity contribution in [2.75, 3.05) is 0 Å². The second-order valence-corrected chi connectivity index (χ2v) is 7.17. The van der Waals surface area contributed by atoms with E-state index in [4.69, 9.17) is 28.8 Å². The molecule has 6 N–H and O–H groups in total. The van der Waals surface area contributed by atoms with Gasteiger partial charge in [0.25, 0.3) is 0 Å². The Morgan fingerprint density at radius 3 is 0.814 bits per heavy atom. The van der Waals surface area contributed by atoms with Crippen molar-refractivity contribution in [2.45, 2.75) is 18.5 Å². The van der Waals surface area contributed by atoms with Crippen LogP contribution in [0.2, 0.25) is 0 Å². The number of rotatable bonds is 9. The topological polar surface area (TPSA) is 168 Å². The molecule has 3 heterocycles. The van der Waals surface area contributed by atoms with Crippen LogP contribution in [0.25, 0.3) is 0 Å². The zero-order valence-electron chi connectivity index (χ0n) is 20.6. The first-order valence-corrected chi connectivity index (χ1v) is 10.5. The average Bonchev–Trinajstić information content (AvgIpc) is 3.66. The van der Waals surface area contributed by atoms with Gasteiger partial charge in [-0.15, -0.1) is 0 Å². The van der Waals surface area contributed by atoms with Gasteiger partial charge in [-0.05, 0) is 18.2 Å². The molecule has 0 amide bonds. The first-order chi connectivity index (χ1) is 19.2. The summed E-state index contributed by atoms with van der Waals surface area (Å²) in [5, 5.41) is 0. The summed E-state index contributed by atoms with van der Waals surface area (Å²) in [6.45, 7) is 0. The van der Waals surface area contributed by atoms with Gasteiger partial charge >= 0.3 is 55.4 Å². The molecule has 0 aliphatic carbocycles. The molecule has 0 saturated carbocycles. The Balaban J connectivity index is 0.000000608. The van der Waals surface area contributed by atoms with Crippen molar-refractivity contribution in [1.82, 2.24) is 0 Å². The van der Waals surface area contributed by atoms with Crippen LogP contribution in [0.4, 0.5) is 39.5 Å². The first-order valence-electron chi connectivity index (χ1n) is 10.5. The zero-order valence-corrected chi connectivity index (χ0v) is 22.3. The molecule has 3 aromatic heterocycles. The fourth-order valence-electron chi connectivity index (χ4n) is 2.12. The number of hydrogen-bond acceptors (Lipinski definition) is 3. The molecule has 0 aliphatic heterocycles. The van der Waals surface area contributed by atoms with E-state index in [1.54, 1.807) is 0 Å². The standard InChI is InChI=1S/3C8H4F3O3.Ru/c3*9-8(10,11)7(13)4-5(12)6-2-1-3-14-6;/h3*1-4H;/q3*-1;+3/p+6. The summed E-state index contributed by atoms with van der Waals surface area (Å²) in [5.74, 6) is -8.47. The minimum Gasteiger partial charge on any atom is -0.542 e. The van der Waals surface area contributed by atoms with Crippen LogP contribution in [0.3, 0.4) is 0 Å². The van der Waals surface area contributed by atoms with Crippen LogP contribution >= 0.6 is 0 Å². The Labute approximate surface area is 246 Å². The summed E-state index contributed by atoms with van der Waals surface area (Å²) in [5.41, 5.74) is 0. The van der Waals surface area contributed by atoms with Crippen LogP contribution in [-0.4, -0.2) is 82.0 Å². The van der Waals surface area contributed by atoms with Crippen molar-refractivity contribution in [3.05, 3.63) is 91.7 Å². The third kappa shape index (κ3) is 13.8. The van der Waals surface area contributed by atoms with Crippen LogP contribution in [0.1, 0.15) is 17.3 Å². The van der Waals surface area contributed by atoms with Gasteiger partial charge < -0.3 is 27.6 Å². The molecule has 0 bridgehead atoms. The average molecular weight is 722 g/mol. The third-order valence-electron chi connectivity index (χ3n) is 4.01. The van der Waals surface area contributed by atoms with Crippen molar-refractivity contribution >= 4 is 34.7 Å². The molecule has 19 heteroatoms. The minimum absolute atomic E-state index is 0. The molecular weight excluding hydrogens is 704 g/mol. The molecule has 3 aromatic rings. The van der Waals surface area contributed by atoms with E-state index < -0.39 is 53.2 Å². The number of halogens is 9. The molecule has 3 rings (SSSR count). The number of alkyl halides is 9. The molecule has 0 aromatic carbocycles. The first kappa shape index (κ1) is 38.5. The van der Waals surface area contributed by atoms with Crippen molar-refractivity contribution in [3.63, 3.8) is 0 Å². The number of ketones is 6. The molecule has 0 fully saturated rings. The van der Waals surface area contributed by atoms with Crippen LogP contribution in [-0.2, 0) is 19.5 Å². The quantitative estimate of drug-likeness (QED) is 0.0797. The summed E-state index contributed by atoms with van der Waals surface area (Å²) in [4.78, 5) is 52.5. The van der Waals surface area contributed by atoms with Crippen molar-refractivity contribution < 1.29 is 101 Å². The van der Waals surface area contributed by atoms with E-state index in [-0.39, 0.29) is 56.0 Å². The van der Waals surface area contributed by atoms with E-state index in [9.17, 15) is 39.5 Å². The van der Waals surface area contributed by atoms with E-state index >= 15 is 0 Å². The van der Waals surface area contributed by atoms with Gasteiger partial charge in [0, 0.05) is 19.3 Å². The Morgan fingerprint density at radius 1 is 0.465 bits per heavy atom. The molecule has 1 radical (unpaired) electrons. The van der Waals surface area contributed by atoms with Crippen LogP contribution in [0, 0.1) is 19.3 Å². The maximum atomic E-state index is 11.8. The van der Waals surface area contributed by atoms with Gasteiger partial charge in [-0.3, -0.25) is 14.4 Å². The molecule has 0 saturated heterocycles. The van der Waals surface area contributed by atoms with Gasteiger partial charge in [0.1, 0.15) is 0 Å². The van der Waals surface area contributed by atoms with E-state index in [2.05, 4.69) is 13.3 Å². The number of carbonyl (C=O) groups excluding carboxylic acids is 6. The second-order valence-electron chi connectivity index (χ2n) is 7.17. The van der Waals surface area contributed by atoms with Gasteiger partial charge in [-0.1, -0.05) is 18.2 Å². The van der Waals surface area contributed by atoms with Gasteiger partial charge in [0.2, 0.25) is 17.3 Å². The molecule has 43 heavy (non-hydrogen) atoms. The van der Waals surface area contributed by atoms with Crippen LogP contribution < -0.4 is 0 Å². The summed E-state index contributed by atoms with van der Waals surface area (Å²) in [6.07, 6.45) is -10.5. The van der Waals surface area contributed by atoms with Crippen LogP contribution in [0.15, 0.2) is 68.4 Å². The van der Waals surface area contributed by atoms with Crippen molar-refractivity contribution in [1.29, 1.82) is 0 Å². The fraction of sp³-hybridized carbons (Fsp3) is 0.125. The maximum Gasteiger partial charge on any atom is 3.00 e. The van der Waals surface area contributed by atoms with E-state index in [1.807, 2.05) is 0 Å². The van der Waals surface area contributed by atoms with Gasteiger partial charge in [0.15, 0.2) is 0 Å². The predicted molar refractivity (Wildman–Crippen MR) is 126 cm³/mol. The number of hydrogen-bond donors (Lipinski definition) is 0. The molecular formula is C24H18F9O9Ru+6. The maximum absolute atomic E-state index is 11.8. The molecule has 0 unspecified atom stereocenters. The largest absolute Gasteiger partial charge is 3.00 e. The van der Waals surface area contributed by atoms with Gasteiger partial charge in [0.05, 0.1) is 36.1 Å². The smallest absolute Gasteiger partial charge is 0.542 e. The minimum atomic E-state index is -4.87. The van der Waals surface area contributed by atoms with E-state index in [1.165, 1.54) is 55.2 Å². The fourth-order valence-corrected chi connectivity index (χ4v) is 2.12. The van der Waals surface area contributed by atoms with Gasteiger partial charge in [-0.2, -0.15) is 39.5 Å². The van der Waals surface area contributed by atoms with E-state index in [0.717, 1.165) is 0 Å². The number of furan rings is 3. The molecule has 233 valence electrons. The Hall–Kier alpha value is -4.54. The van der Waals surface area contributed by atoms with Crippen molar-refractivity contribution in [3.8, 4) is 0 Å². The molecule has 0 spiro atoms. The Kier molecular flexibility index (Phi) is 14.5. The zero-order chi connectivity index (χ0) is 32.3. The summed E-state index contributed by atoms with van der Waals surface area (Å²) >= 11 is 0. The van der Waals surface area contributed by atoms with Crippen molar-refractivity contribution in [2.24, 2.45) is 0 Å². The van der Waals surface area contributed by atoms with Gasteiger partial charge in [-0.25, -0.2) is 0 Å². The Bertz CT molecular complexity index is 1190. The monoisotopic (exact) mass is 723 g/mol. The normalized spacial score (nSPS) is 10.8. The second kappa shape index (κ2) is 16.2. The summed E-state index contributed by atoms with van der Waals surface area (Å²) < 4.78 is 120. The van der Waals surface area contributed by atoms with E-state index in [0.29, 0.717) is 0 Å². The third-order valence-corrected chi connectivity index (χ3v) is 4.01. The molecule has 0 atom stereocenters. The van der Waals surface area contributed by atoms with Crippen LogP contribution in [0.5, 0.6) is 0 Å². The molecule has 9 nitrogen and oxygen atoms in total. The predicted octanol–water partition coefficient (Wildman–Crippen LogP) is 4.45.